The summed E-state index contributed by atoms with van der Waals surface area (Å²) in [5.41, 5.74) is 1.20. The number of rotatable bonds is 3. The number of aryl methyl sites for hydroxylation is 1. The number of anilines is 1. The Hall–Kier alpha value is -1.13. The minimum absolute atomic E-state index is 0.253. The highest BCUT2D eigenvalue weighted by Crippen LogP contribution is 2.13. The number of aromatic nitrogens is 1. The van der Waals surface area contributed by atoms with Crippen LogP contribution in [-0.4, -0.2) is 54.3 Å². The zero-order chi connectivity index (χ0) is 12.1. The molecule has 0 aromatic carbocycles. The maximum absolute atomic E-state index is 8.96. The zero-order valence-corrected chi connectivity index (χ0v) is 10.5. The number of hydrogen-bond donors (Lipinski definition) is 1. The van der Waals surface area contributed by atoms with Crippen LogP contribution in [0.15, 0.2) is 18.3 Å². The van der Waals surface area contributed by atoms with E-state index in [0.29, 0.717) is 0 Å². The lowest BCUT2D eigenvalue weighted by atomic mass is 10.3. The molecule has 0 radical (unpaired) electrons. The van der Waals surface area contributed by atoms with Gasteiger partial charge in [0.2, 0.25) is 0 Å². The van der Waals surface area contributed by atoms with E-state index in [1.165, 1.54) is 5.56 Å². The molecule has 1 aromatic rings. The smallest absolute Gasteiger partial charge is 0.128 e. The van der Waals surface area contributed by atoms with E-state index < -0.39 is 0 Å². The average Bonchev–Trinajstić information content (AvgIpc) is 2.56. The van der Waals surface area contributed by atoms with Crippen LogP contribution in [0.3, 0.4) is 0 Å². The van der Waals surface area contributed by atoms with Gasteiger partial charge in [0.15, 0.2) is 0 Å². The molecule has 0 spiro atoms. The van der Waals surface area contributed by atoms with Gasteiger partial charge < -0.3 is 10.0 Å². The van der Waals surface area contributed by atoms with E-state index in [-0.39, 0.29) is 6.61 Å². The molecule has 2 rings (SSSR count). The van der Waals surface area contributed by atoms with Crippen LogP contribution in [0.5, 0.6) is 0 Å². The number of aliphatic hydroxyl groups excluding tert-OH is 1. The Morgan fingerprint density at radius 3 is 2.82 bits per heavy atom. The van der Waals surface area contributed by atoms with Crippen LogP contribution in [0.4, 0.5) is 5.82 Å². The lowest BCUT2D eigenvalue weighted by Gasteiger charge is -2.22. The standard InChI is InChI=1S/C13H21N3O/c1-12-3-4-13(14-11-12)16-6-2-5-15(7-8-16)9-10-17/h3-4,11,17H,2,5-10H2,1H3. The van der Waals surface area contributed by atoms with E-state index in [1.54, 1.807) is 0 Å². The predicted molar refractivity (Wildman–Crippen MR) is 69.3 cm³/mol. The summed E-state index contributed by atoms with van der Waals surface area (Å²) in [6.07, 6.45) is 3.06. The summed E-state index contributed by atoms with van der Waals surface area (Å²) in [5.74, 6) is 1.07. The molecule has 1 aromatic heterocycles. The minimum Gasteiger partial charge on any atom is -0.395 e. The molecule has 94 valence electrons. The Kier molecular flexibility index (Phi) is 4.34. The fourth-order valence-electron chi connectivity index (χ4n) is 2.21. The molecule has 4 nitrogen and oxygen atoms in total. The van der Waals surface area contributed by atoms with Crippen molar-refractivity contribution in [2.75, 3.05) is 44.2 Å². The van der Waals surface area contributed by atoms with Gasteiger partial charge >= 0.3 is 0 Å². The van der Waals surface area contributed by atoms with E-state index in [2.05, 4.69) is 33.8 Å². The van der Waals surface area contributed by atoms with E-state index in [4.69, 9.17) is 5.11 Å². The molecule has 0 amide bonds. The molecule has 1 aliphatic rings. The Labute approximate surface area is 103 Å². The van der Waals surface area contributed by atoms with E-state index in [9.17, 15) is 0 Å². The number of pyridine rings is 1. The van der Waals surface area contributed by atoms with Crippen molar-refractivity contribution in [1.82, 2.24) is 9.88 Å². The van der Waals surface area contributed by atoms with Crippen molar-refractivity contribution in [3.05, 3.63) is 23.9 Å². The molecule has 2 heterocycles. The van der Waals surface area contributed by atoms with Gasteiger partial charge in [-0.05, 0) is 31.5 Å². The highest BCUT2D eigenvalue weighted by atomic mass is 16.3. The summed E-state index contributed by atoms with van der Waals surface area (Å²) in [6.45, 7) is 7.23. The van der Waals surface area contributed by atoms with Gasteiger partial charge in [-0.1, -0.05) is 6.07 Å². The highest BCUT2D eigenvalue weighted by molar-refractivity contribution is 5.39. The highest BCUT2D eigenvalue weighted by Gasteiger charge is 2.15. The number of aliphatic hydroxyl groups is 1. The summed E-state index contributed by atoms with van der Waals surface area (Å²) in [6, 6.07) is 4.20. The van der Waals surface area contributed by atoms with Gasteiger partial charge in [0.05, 0.1) is 6.61 Å². The van der Waals surface area contributed by atoms with Gasteiger partial charge in [0.25, 0.3) is 0 Å². The second-order valence-electron chi connectivity index (χ2n) is 4.60. The lowest BCUT2D eigenvalue weighted by molar-refractivity contribution is 0.204. The van der Waals surface area contributed by atoms with Crippen LogP contribution in [0.25, 0.3) is 0 Å². The Balaban J connectivity index is 1.96. The first-order chi connectivity index (χ1) is 8.29. The van der Waals surface area contributed by atoms with Gasteiger partial charge in [0.1, 0.15) is 5.82 Å². The van der Waals surface area contributed by atoms with Crippen LogP contribution in [0, 0.1) is 6.92 Å². The van der Waals surface area contributed by atoms with E-state index in [1.807, 2.05) is 6.20 Å². The third-order valence-corrected chi connectivity index (χ3v) is 3.22. The van der Waals surface area contributed by atoms with Crippen molar-refractivity contribution in [3.63, 3.8) is 0 Å². The van der Waals surface area contributed by atoms with Gasteiger partial charge in [-0.3, -0.25) is 4.90 Å². The molecule has 0 aliphatic carbocycles. The monoisotopic (exact) mass is 235 g/mol. The first kappa shape index (κ1) is 12.3. The van der Waals surface area contributed by atoms with Crippen LogP contribution < -0.4 is 4.90 Å². The largest absolute Gasteiger partial charge is 0.395 e. The van der Waals surface area contributed by atoms with Crippen molar-refractivity contribution in [3.8, 4) is 0 Å². The van der Waals surface area contributed by atoms with Crippen molar-refractivity contribution < 1.29 is 5.11 Å². The van der Waals surface area contributed by atoms with Gasteiger partial charge in [0, 0.05) is 32.4 Å². The molecule has 1 saturated heterocycles. The molecule has 0 saturated carbocycles. The molecule has 0 atom stereocenters. The summed E-state index contributed by atoms with van der Waals surface area (Å²) in [4.78, 5) is 9.12. The molecule has 1 aliphatic heterocycles. The van der Waals surface area contributed by atoms with Gasteiger partial charge in [-0.15, -0.1) is 0 Å². The number of β-amino-alcohol motifs (C(OH)–C–C–N with tert-alkyl or cyclic N) is 1. The van der Waals surface area contributed by atoms with Crippen molar-refractivity contribution >= 4 is 5.82 Å². The molecule has 1 fully saturated rings. The van der Waals surface area contributed by atoms with Gasteiger partial charge in [-0.25, -0.2) is 4.98 Å². The Morgan fingerprint density at radius 2 is 2.12 bits per heavy atom. The first-order valence-corrected chi connectivity index (χ1v) is 6.30. The fraction of sp³-hybridized carbons (Fsp3) is 0.615. The molecule has 1 N–H and O–H groups in total. The van der Waals surface area contributed by atoms with Gasteiger partial charge in [-0.2, -0.15) is 0 Å². The normalized spacial score (nSPS) is 18.1. The summed E-state index contributed by atoms with van der Waals surface area (Å²) < 4.78 is 0. The molecule has 0 bridgehead atoms. The van der Waals surface area contributed by atoms with Crippen LogP contribution in [-0.2, 0) is 0 Å². The maximum atomic E-state index is 8.96. The number of hydrogen-bond acceptors (Lipinski definition) is 4. The third kappa shape index (κ3) is 3.41. The Bertz CT molecular complexity index is 339. The SMILES string of the molecule is Cc1ccc(N2CCCN(CCO)CC2)nc1. The Morgan fingerprint density at radius 1 is 1.24 bits per heavy atom. The predicted octanol–water partition coefficient (Wildman–Crippen LogP) is 0.894. The topological polar surface area (TPSA) is 39.6 Å². The van der Waals surface area contributed by atoms with Crippen molar-refractivity contribution in [2.45, 2.75) is 13.3 Å². The third-order valence-electron chi connectivity index (χ3n) is 3.22. The van der Waals surface area contributed by atoms with Crippen LogP contribution in [0.2, 0.25) is 0 Å². The average molecular weight is 235 g/mol. The second-order valence-corrected chi connectivity index (χ2v) is 4.60. The lowest BCUT2D eigenvalue weighted by Crippen LogP contribution is -2.32. The van der Waals surface area contributed by atoms with E-state index >= 15 is 0 Å². The number of nitrogens with zero attached hydrogens (tertiary/aromatic N) is 3. The second kappa shape index (κ2) is 5.98. The maximum Gasteiger partial charge on any atom is 0.128 e. The summed E-state index contributed by atoms with van der Waals surface area (Å²) in [7, 11) is 0. The minimum atomic E-state index is 0.253. The van der Waals surface area contributed by atoms with Crippen LogP contribution >= 0.6 is 0 Å². The molecular formula is C13H21N3O. The molecular weight excluding hydrogens is 214 g/mol. The van der Waals surface area contributed by atoms with E-state index in [0.717, 1.165) is 45.0 Å². The summed E-state index contributed by atoms with van der Waals surface area (Å²) >= 11 is 0. The first-order valence-electron chi connectivity index (χ1n) is 6.30. The zero-order valence-electron chi connectivity index (χ0n) is 10.5. The fourth-order valence-corrected chi connectivity index (χ4v) is 2.21. The van der Waals surface area contributed by atoms with Crippen molar-refractivity contribution in [1.29, 1.82) is 0 Å². The molecule has 4 heteroatoms. The van der Waals surface area contributed by atoms with Crippen LogP contribution in [0.1, 0.15) is 12.0 Å². The quantitative estimate of drug-likeness (QED) is 0.845. The summed E-state index contributed by atoms with van der Waals surface area (Å²) in [5, 5.41) is 8.96. The molecule has 17 heavy (non-hydrogen) atoms. The molecule has 0 unspecified atom stereocenters. The van der Waals surface area contributed by atoms with Crippen molar-refractivity contribution in [2.24, 2.45) is 0 Å².